The Balaban J connectivity index is 3.02. The third kappa shape index (κ3) is 7.96. The normalized spacial score (nSPS) is 17.3. The molecule has 2 amide bonds. The van der Waals surface area contributed by atoms with Crippen molar-refractivity contribution in [2.45, 2.75) is 84.7 Å². The zero-order valence-corrected chi connectivity index (χ0v) is 21.8. The van der Waals surface area contributed by atoms with Crippen molar-refractivity contribution in [1.29, 1.82) is 0 Å². The summed E-state index contributed by atoms with van der Waals surface area (Å²) in [6.45, 7) is 18.2. The lowest BCUT2D eigenvalue weighted by Gasteiger charge is -2.36. The summed E-state index contributed by atoms with van der Waals surface area (Å²) in [5.41, 5.74) is 0.147. The SMILES string of the molecule is CCOC(=O)CN(C)C(=O)C1CC(CO[Si](C)(C)C(C)(C)C)=CN1C(=O)OC(C)(C)C. The molecule has 9 heteroatoms. The van der Waals surface area contributed by atoms with Crippen LogP contribution in [0.25, 0.3) is 0 Å². The van der Waals surface area contributed by atoms with E-state index in [2.05, 4.69) is 33.9 Å². The van der Waals surface area contributed by atoms with E-state index in [0.717, 1.165) is 5.57 Å². The van der Waals surface area contributed by atoms with Gasteiger partial charge < -0.3 is 18.8 Å². The first kappa shape index (κ1) is 27.2. The number of hydrogen-bond acceptors (Lipinski definition) is 6. The van der Waals surface area contributed by atoms with Crippen molar-refractivity contribution >= 4 is 26.3 Å². The van der Waals surface area contributed by atoms with Crippen molar-refractivity contribution in [1.82, 2.24) is 9.80 Å². The monoisotopic (exact) mass is 456 g/mol. The van der Waals surface area contributed by atoms with Gasteiger partial charge in [0.2, 0.25) is 5.91 Å². The predicted molar refractivity (Wildman–Crippen MR) is 122 cm³/mol. The lowest BCUT2D eigenvalue weighted by atomic mass is 10.1. The van der Waals surface area contributed by atoms with Gasteiger partial charge >= 0.3 is 12.1 Å². The maximum atomic E-state index is 13.1. The molecule has 0 saturated carbocycles. The van der Waals surface area contributed by atoms with E-state index in [4.69, 9.17) is 13.9 Å². The fraction of sp³-hybridized carbons (Fsp3) is 0.773. The minimum absolute atomic E-state index is 0.0477. The molecule has 1 aliphatic heterocycles. The Hall–Kier alpha value is -1.87. The Morgan fingerprint density at radius 2 is 1.74 bits per heavy atom. The highest BCUT2D eigenvalue weighted by atomic mass is 28.4. The number of hydrogen-bond donors (Lipinski definition) is 0. The molecule has 0 aliphatic carbocycles. The average Bonchev–Trinajstić information content (AvgIpc) is 3.01. The lowest BCUT2D eigenvalue weighted by molar-refractivity contribution is -0.149. The molecule has 0 aromatic heterocycles. The van der Waals surface area contributed by atoms with Crippen molar-refractivity contribution in [3.05, 3.63) is 11.8 Å². The molecular formula is C22H40N2O6Si. The van der Waals surface area contributed by atoms with Crippen molar-refractivity contribution in [2.24, 2.45) is 0 Å². The molecule has 0 aromatic rings. The maximum Gasteiger partial charge on any atom is 0.415 e. The molecule has 1 atom stereocenters. The highest BCUT2D eigenvalue weighted by Crippen LogP contribution is 2.37. The van der Waals surface area contributed by atoms with Crippen LogP contribution in [0, 0.1) is 0 Å². The van der Waals surface area contributed by atoms with Crippen LogP contribution < -0.4 is 0 Å². The van der Waals surface area contributed by atoms with Crippen LogP contribution in [0.15, 0.2) is 11.8 Å². The zero-order chi connectivity index (χ0) is 24.2. The fourth-order valence-electron chi connectivity index (χ4n) is 2.71. The zero-order valence-electron chi connectivity index (χ0n) is 20.8. The van der Waals surface area contributed by atoms with Crippen molar-refractivity contribution in [3.63, 3.8) is 0 Å². The van der Waals surface area contributed by atoms with E-state index in [1.54, 1.807) is 33.9 Å². The van der Waals surface area contributed by atoms with Crippen LogP contribution >= 0.6 is 0 Å². The topological polar surface area (TPSA) is 85.4 Å². The molecular weight excluding hydrogens is 416 g/mol. The second-order valence-electron chi connectivity index (χ2n) is 10.4. The summed E-state index contributed by atoms with van der Waals surface area (Å²) in [6, 6.07) is -0.785. The fourth-order valence-corrected chi connectivity index (χ4v) is 3.68. The van der Waals surface area contributed by atoms with Crippen LogP contribution in [0.2, 0.25) is 18.1 Å². The number of esters is 1. The van der Waals surface area contributed by atoms with Gasteiger partial charge in [-0.25, -0.2) is 4.79 Å². The van der Waals surface area contributed by atoms with Crippen LogP contribution in [0.5, 0.6) is 0 Å². The van der Waals surface area contributed by atoms with Gasteiger partial charge in [0.15, 0.2) is 8.32 Å². The standard InChI is InChI=1S/C22H40N2O6Si/c1-11-28-18(25)14-23(8)19(26)17-12-16(15-29-31(9,10)22(5,6)7)13-24(17)20(27)30-21(2,3)4/h13,17H,11-12,14-15H2,1-10H3. The summed E-state index contributed by atoms with van der Waals surface area (Å²) in [7, 11) is -0.469. The van der Waals surface area contributed by atoms with Crippen molar-refractivity contribution in [2.75, 3.05) is 26.8 Å². The van der Waals surface area contributed by atoms with Gasteiger partial charge in [0, 0.05) is 19.7 Å². The molecule has 1 unspecified atom stereocenters. The maximum absolute atomic E-state index is 13.1. The summed E-state index contributed by atoms with van der Waals surface area (Å²) in [4.78, 5) is 40.3. The van der Waals surface area contributed by atoms with E-state index in [-0.39, 0.29) is 24.1 Å². The Morgan fingerprint density at radius 1 is 1.16 bits per heavy atom. The third-order valence-electron chi connectivity index (χ3n) is 5.47. The predicted octanol–water partition coefficient (Wildman–Crippen LogP) is 3.92. The molecule has 0 bridgehead atoms. The number of likely N-dealkylation sites (N-methyl/N-ethyl adjacent to an activating group) is 1. The second-order valence-corrected chi connectivity index (χ2v) is 15.3. The molecule has 0 spiro atoms. The van der Waals surface area contributed by atoms with Gasteiger partial charge in [-0.15, -0.1) is 0 Å². The van der Waals surface area contributed by atoms with Crippen LogP contribution in [0.1, 0.15) is 54.9 Å². The number of carbonyl (C=O) groups excluding carboxylic acids is 3. The molecule has 31 heavy (non-hydrogen) atoms. The van der Waals surface area contributed by atoms with Gasteiger partial charge in [-0.1, -0.05) is 20.8 Å². The third-order valence-corrected chi connectivity index (χ3v) is 9.95. The number of amides is 2. The number of ether oxygens (including phenoxy) is 2. The molecule has 0 N–H and O–H groups in total. The minimum atomic E-state index is -1.99. The van der Waals surface area contributed by atoms with E-state index < -0.39 is 32.0 Å². The summed E-state index contributed by atoms with van der Waals surface area (Å²) in [5.74, 6) is -0.841. The van der Waals surface area contributed by atoms with Gasteiger partial charge in [0.25, 0.3) is 0 Å². The largest absolute Gasteiger partial charge is 0.465 e. The van der Waals surface area contributed by atoms with E-state index in [1.807, 2.05) is 0 Å². The van der Waals surface area contributed by atoms with Crippen LogP contribution in [-0.2, 0) is 23.5 Å². The molecule has 0 aromatic carbocycles. The highest BCUT2D eigenvalue weighted by molar-refractivity contribution is 6.74. The van der Waals surface area contributed by atoms with Crippen LogP contribution in [-0.4, -0.2) is 74.5 Å². The molecule has 1 rings (SSSR count). The smallest absolute Gasteiger partial charge is 0.415 e. The molecule has 8 nitrogen and oxygen atoms in total. The summed E-state index contributed by atoms with van der Waals surface area (Å²) < 4.78 is 16.7. The van der Waals surface area contributed by atoms with E-state index >= 15 is 0 Å². The van der Waals surface area contributed by atoms with E-state index in [0.29, 0.717) is 13.0 Å². The van der Waals surface area contributed by atoms with Crippen LogP contribution in [0.3, 0.4) is 0 Å². The Labute approximate surface area is 188 Å². The number of carbonyl (C=O) groups is 3. The first-order valence-electron chi connectivity index (χ1n) is 10.7. The second kappa shape index (κ2) is 10.2. The van der Waals surface area contributed by atoms with Crippen molar-refractivity contribution < 1.29 is 28.3 Å². The average molecular weight is 457 g/mol. The van der Waals surface area contributed by atoms with Gasteiger partial charge in [-0.2, -0.15) is 0 Å². The lowest BCUT2D eigenvalue weighted by Crippen LogP contribution is -2.48. The first-order chi connectivity index (χ1) is 14.0. The molecule has 1 heterocycles. The minimum Gasteiger partial charge on any atom is -0.465 e. The van der Waals surface area contributed by atoms with Gasteiger partial charge in [-0.3, -0.25) is 14.5 Å². The molecule has 1 aliphatic rings. The summed E-state index contributed by atoms with van der Waals surface area (Å²) >= 11 is 0. The Morgan fingerprint density at radius 3 is 2.23 bits per heavy atom. The number of nitrogens with zero attached hydrogens (tertiary/aromatic N) is 2. The van der Waals surface area contributed by atoms with Crippen LogP contribution in [0.4, 0.5) is 4.79 Å². The highest BCUT2D eigenvalue weighted by Gasteiger charge is 2.41. The quantitative estimate of drug-likeness (QED) is 0.426. The molecule has 0 saturated heterocycles. The first-order valence-corrected chi connectivity index (χ1v) is 13.6. The molecule has 0 fully saturated rings. The Bertz CT molecular complexity index is 706. The van der Waals surface area contributed by atoms with E-state index in [9.17, 15) is 14.4 Å². The summed E-state index contributed by atoms with van der Waals surface area (Å²) in [5, 5.41) is 0.0477. The molecule has 0 radical (unpaired) electrons. The van der Waals surface area contributed by atoms with Gasteiger partial charge in [-0.05, 0) is 51.4 Å². The van der Waals surface area contributed by atoms with Gasteiger partial charge in [0.05, 0.1) is 13.2 Å². The van der Waals surface area contributed by atoms with Crippen molar-refractivity contribution in [3.8, 4) is 0 Å². The van der Waals surface area contributed by atoms with E-state index in [1.165, 1.54) is 16.8 Å². The Kier molecular flexibility index (Phi) is 8.91. The molecule has 178 valence electrons. The van der Waals surface area contributed by atoms with Gasteiger partial charge in [0.1, 0.15) is 18.2 Å². The number of rotatable bonds is 7. The summed E-state index contributed by atoms with van der Waals surface area (Å²) in [6.07, 6.45) is 1.39.